The molecule has 3 saturated heterocycles. The molecule has 1 amide bonds. The van der Waals surface area contributed by atoms with Gasteiger partial charge in [0, 0.05) is 24.6 Å². The number of nitrogens with one attached hydrogen (secondary N) is 2. The van der Waals surface area contributed by atoms with Crippen molar-refractivity contribution in [2.75, 3.05) is 32.7 Å². The number of carbonyl (C=O) groups excluding carboxylic acids is 1. The number of amides is 1. The van der Waals surface area contributed by atoms with Crippen LogP contribution in [0.25, 0.3) is 11.2 Å². The van der Waals surface area contributed by atoms with Crippen LogP contribution in [0.4, 0.5) is 5.82 Å². The number of aromatic amines is 1. The molecule has 0 bridgehead atoms. The number of aromatic nitrogens is 4. The number of carbonyl (C=O) groups is 1. The molecule has 3 fully saturated rings. The van der Waals surface area contributed by atoms with Crippen LogP contribution < -0.4 is 30.9 Å². The molecule has 5 heterocycles. The van der Waals surface area contributed by atoms with Gasteiger partial charge in [0.1, 0.15) is 49.3 Å². The molecule has 0 aliphatic carbocycles. The molecular formula is C57H57N6O8PSi. The maximum atomic E-state index is 14.3. The van der Waals surface area contributed by atoms with Gasteiger partial charge in [-0.3, -0.25) is 4.79 Å². The molecule has 0 saturated carbocycles. The Morgan fingerprint density at radius 1 is 0.767 bits per heavy atom. The van der Waals surface area contributed by atoms with Crippen LogP contribution in [0.2, 0.25) is 12.6 Å². The summed E-state index contributed by atoms with van der Waals surface area (Å²) in [7, 11) is -0.579. The van der Waals surface area contributed by atoms with E-state index in [9.17, 15) is 9.59 Å². The number of hydrogen-bond acceptors (Lipinski definition) is 11. The number of anilines is 1. The van der Waals surface area contributed by atoms with Gasteiger partial charge in [-0.1, -0.05) is 150 Å². The van der Waals surface area contributed by atoms with Crippen LogP contribution in [-0.2, 0) is 24.1 Å². The fourth-order valence-corrected chi connectivity index (χ4v) is 16.8. The first kappa shape index (κ1) is 48.5. The van der Waals surface area contributed by atoms with Gasteiger partial charge < -0.3 is 38.3 Å². The second-order valence-corrected chi connectivity index (χ2v) is 24.5. The molecule has 2 aromatic heterocycles. The topological polar surface area (TPSA) is 151 Å². The summed E-state index contributed by atoms with van der Waals surface area (Å²) in [6.45, 7) is 3.35. The third kappa shape index (κ3) is 9.42. The molecule has 73 heavy (non-hydrogen) atoms. The molecule has 0 spiro atoms. The number of nitrogens with zero attached hydrogens (tertiary/aromatic N) is 4. The summed E-state index contributed by atoms with van der Waals surface area (Å²) < 4.78 is 44.3. The van der Waals surface area contributed by atoms with Crippen LogP contribution in [0, 0.1) is 0 Å². The Kier molecular flexibility index (Phi) is 13.9. The van der Waals surface area contributed by atoms with Crippen molar-refractivity contribution >= 4 is 49.9 Å². The summed E-state index contributed by atoms with van der Waals surface area (Å²) in [5.41, 5.74) is 1.98. The van der Waals surface area contributed by atoms with Crippen LogP contribution in [0.3, 0.4) is 0 Å². The molecular weight excluding hydrogens is 956 g/mol. The average Bonchev–Trinajstić information content (AvgIpc) is 4.24. The van der Waals surface area contributed by atoms with E-state index < -0.39 is 46.3 Å². The zero-order chi connectivity index (χ0) is 49.9. The van der Waals surface area contributed by atoms with Gasteiger partial charge in [0.2, 0.25) is 0 Å². The molecule has 6 aromatic carbocycles. The van der Waals surface area contributed by atoms with Crippen molar-refractivity contribution in [1.29, 1.82) is 0 Å². The first-order valence-electron chi connectivity index (χ1n) is 24.7. The molecule has 8 aromatic rings. The summed E-state index contributed by atoms with van der Waals surface area (Å²) >= 11 is 0. The Morgan fingerprint density at radius 3 is 1.95 bits per heavy atom. The SMILES string of the molecule is COc1ccc(C(OC[C@H]2O[C@@H](n3c(=O)[nH]c4c(NC(=O)c5ccccc5)ncnc43)C[C@@H]2O[P@]2O[C@H](C[Si](C)(c3ccccc3)c3ccccc3)[C@@H]3CCCN32)(c2ccccc2)c2ccc(OC)cc2)cc1. The van der Waals surface area contributed by atoms with Gasteiger partial charge in [0.25, 0.3) is 14.4 Å². The van der Waals surface area contributed by atoms with Crippen LogP contribution in [0.5, 0.6) is 11.5 Å². The zero-order valence-corrected chi connectivity index (χ0v) is 42.8. The number of hydrogen-bond donors (Lipinski definition) is 2. The number of ether oxygens (including phenoxy) is 4. The van der Waals surface area contributed by atoms with Crippen molar-refractivity contribution in [3.63, 3.8) is 0 Å². The predicted octanol–water partition coefficient (Wildman–Crippen LogP) is 9.05. The monoisotopic (exact) mass is 1010 g/mol. The van der Waals surface area contributed by atoms with E-state index in [-0.39, 0.29) is 48.1 Å². The summed E-state index contributed by atoms with van der Waals surface area (Å²) in [4.78, 5) is 39.5. The molecule has 3 aliphatic rings. The summed E-state index contributed by atoms with van der Waals surface area (Å²) in [5.74, 6) is 1.21. The lowest BCUT2D eigenvalue weighted by atomic mass is 9.80. The minimum absolute atomic E-state index is 0.0433. The number of benzene rings is 6. The third-order valence-corrected chi connectivity index (χ3v) is 20.9. The summed E-state index contributed by atoms with van der Waals surface area (Å²) in [6, 6.07) is 57.6. The van der Waals surface area contributed by atoms with Gasteiger partial charge in [-0.15, -0.1) is 0 Å². The molecule has 14 nitrogen and oxygen atoms in total. The highest BCUT2D eigenvalue weighted by molar-refractivity contribution is 7.45. The van der Waals surface area contributed by atoms with Crippen molar-refractivity contribution in [3.05, 3.63) is 209 Å². The van der Waals surface area contributed by atoms with E-state index in [1.165, 1.54) is 21.3 Å². The second-order valence-electron chi connectivity index (χ2n) is 18.9. The van der Waals surface area contributed by atoms with Crippen molar-refractivity contribution in [3.8, 4) is 11.5 Å². The highest BCUT2D eigenvalue weighted by Gasteiger charge is 2.53. The molecule has 0 radical (unpaired) electrons. The molecule has 6 atom stereocenters. The lowest BCUT2D eigenvalue weighted by Crippen LogP contribution is -2.58. The Morgan fingerprint density at radius 2 is 1.34 bits per heavy atom. The molecule has 2 N–H and O–H groups in total. The maximum Gasteiger partial charge on any atom is 0.329 e. The first-order valence-corrected chi connectivity index (χ1v) is 28.6. The van der Waals surface area contributed by atoms with Gasteiger partial charge >= 0.3 is 5.69 Å². The number of rotatable bonds is 17. The van der Waals surface area contributed by atoms with Gasteiger partial charge in [-0.25, -0.2) is 24.0 Å². The number of imidazole rings is 1. The second kappa shape index (κ2) is 21.0. The highest BCUT2D eigenvalue weighted by Crippen LogP contribution is 2.59. The smallest absolute Gasteiger partial charge is 0.329 e. The lowest BCUT2D eigenvalue weighted by molar-refractivity contribution is -0.0911. The van der Waals surface area contributed by atoms with Gasteiger partial charge in [-0.05, 0) is 72.0 Å². The van der Waals surface area contributed by atoms with Gasteiger partial charge in [-0.2, -0.15) is 0 Å². The number of H-pyrrole nitrogens is 1. The maximum absolute atomic E-state index is 14.3. The van der Waals surface area contributed by atoms with E-state index in [2.05, 4.69) is 104 Å². The Bertz CT molecular complexity index is 3120. The summed E-state index contributed by atoms with van der Waals surface area (Å²) in [5, 5.41) is 5.59. The van der Waals surface area contributed by atoms with E-state index >= 15 is 0 Å². The fraction of sp³-hybridized carbons (Fsp3) is 0.263. The molecule has 3 aliphatic heterocycles. The normalized spacial score (nSPS) is 21.0. The number of fused-ring (bicyclic) bond motifs is 2. The number of methoxy groups -OCH3 is 2. The van der Waals surface area contributed by atoms with E-state index in [0.29, 0.717) is 17.1 Å². The van der Waals surface area contributed by atoms with E-state index in [1.807, 2.05) is 72.8 Å². The fourth-order valence-electron chi connectivity index (χ4n) is 10.9. The van der Waals surface area contributed by atoms with Crippen LogP contribution in [0.15, 0.2) is 181 Å². The van der Waals surface area contributed by atoms with Crippen molar-refractivity contribution in [2.45, 2.75) is 68.0 Å². The largest absolute Gasteiger partial charge is 0.497 e. The van der Waals surface area contributed by atoms with E-state index in [1.54, 1.807) is 38.5 Å². The van der Waals surface area contributed by atoms with Gasteiger partial charge in [0.05, 0.1) is 33.0 Å². The van der Waals surface area contributed by atoms with E-state index in [4.69, 9.17) is 28.0 Å². The minimum Gasteiger partial charge on any atom is -0.497 e. The van der Waals surface area contributed by atoms with E-state index in [0.717, 1.165) is 42.1 Å². The zero-order valence-electron chi connectivity index (χ0n) is 40.9. The average molecular weight is 1010 g/mol. The highest BCUT2D eigenvalue weighted by atomic mass is 31.2. The molecule has 0 unspecified atom stereocenters. The minimum atomic E-state index is -2.31. The van der Waals surface area contributed by atoms with Crippen molar-refractivity contribution in [1.82, 2.24) is 24.2 Å². The van der Waals surface area contributed by atoms with Crippen LogP contribution in [-0.4, -0.2) is 89.9 Å². The Hall–Kier alpha value is -6.81. The standard InChI is InChI=1S/C57H57N6O8PSi/c1-66-43-30-26-41(27-31-43)57(40-19-10-5-11-20-40,42-28-32-44(67-2)33-29-42)68-36-49-48(35-51(69-49)63-54-52(60-56(63)65)53(58-38-59-54)61-55(64)39-17-8-4-9-18-39)70-72-62-34-16-25-47(62)50(71-72)37-73(3,45-21-12-6-13-22-45)46-23-14-7-15-24-46/h4-15,17-24,26-33,38,47-51H,16,25,34-37H2,1-3H3,(H,60,65)(H,58,59,61,64)/t47-,48-,49+,50+,51+,72+/m0/s1. The Labute approximate surface area is 426 Å². The summed E-state index contributed by atoms with van der Waals surface area (Å²) in [6.07, 6.45) is 1.43. The van der Waals surface area contributed by atoms with Crippen molar-refractivity contribution in [2.24, 2.45) is 0 Å². The van der Waals surface area contributed by atoms with Crippen molar-refractivity contribution < 1.29 is 32.8 Å². The third-order valence-electron chi connectivity index (χ3n) is 14.7. The molecule has 16 heteroatoms. The van der Waals surface area contributed by atoms with Gasteiger partial charge in [0.15, 0.2) is 11.5 Å². The van der Waals surface area contributed by atoms with Crippen LogP contribution in [0.1, 0.15) is 52.5 Å². The molecule has 372 valence electrons. The lowest BCUT2D eigenvalue weighted by Gasteiger charge is -2.37. The quantitative estimate of drug-likeness (QED) is 0.0511. The molecule has 11 rings (SSSR count). The van der Waals surface area contributed by atoms with Crippen LogP contribution >= 0.6 is 8.53 Å². The first-order chi connectivity index (χ1) is 35.7. The Balaban J connectivity index is 0.959. The predicted molar refractivity (Wildman–Crippen MR) is 284 cm³/mol.